The number of hydrogen-bond donors (Lipinski definition) is 1. The molecule has 1 saturated heterocycles. The van der Waals surface area contributed by atoms with E-state index in [1.165, 1.54) is 5.57 Å². The van der Waals surface area contributed by atoms with Crippen LogP contribution in [0.3, 0.4) is 0 Å². The molecule has 1 N–H and O–H groups in total. The van der Waals surface area contributed by atoms with E-state index in [1.807, 2.05) is 24.3 Å². The molecule has 2 heterocycles. The van der Waals surface area contributed by atoms with Gasteiger partial charge in [0.1, 0.15) is 5.75 Å². The maximum Gasteiger partial charge on any atom is 0.323 e. The highest BCUT2D eigenvalue weighted by Gasteiger charge is 2.35. The Morgan fingerprint density at radius 2 is 2.09 bits per heavy atom. The van der Waals surface area contributed by atoms with Crippen molar-refractivity contribution in [2.24, 2.45) is 11.8 Å². The molecule has 1 aliphatic carbocycles. The quantitative estimate of drug-likeness (QED) is 0.632. The summed E-state index contributed by atoms with van der Waals surface area (Å²) in [6, 6.07) is 11.1. The number of anilines is 1. The Labute approximate surface area is 193 Å². The summed E-state index contributed by atoms with van der Waals surface area (Å²) < 4.78 is 32.6. The molecule has 1 aromatic carbocycles. The van der Waals surface area contributed by atoms with E-state index in [-0.39, 0.29) is 30.7 Å². The van der Waals surface area contributed by atoms with Crippen molar-refractivity contribution < 1.29 is 18.3 Å². The van der Waals surface area contributed by atoms with Crippen molar-refractivity contribution in [3.63, 3.8) is 0 Å². The van der Waals surface area contributed by atoms with Gasteiger partial charge in [0.2, 0.25) is 5.92 Å². The van der Waals surface area contributed by atoms with Crippen molar-refractivity contribution in [2.45, 2.75) is 45.0 Å². The zero-order chi connectivity index (χ0) is 23.3. The summed E-state index contributed by atoms with van der Waals surface area (Å²) in [7, 11) is 0. The van der Waals surface area contributed by atoms with Gasteiger partial charge in [-0.05, 0) is 60.9 Å². The minimum atomic E-state index is -2.51. The number of ether oxygens (including phenoxy) is 1. The van der Waals surface area contributed by atoms with E-state index in [0.29, 0.717) is 38.4 Å². The van der Waals surface area contributed by atoms with Gasteiger partial charge in [0.25, 0.3) is 0 Å². The lowest BCUT2D eigenvalue weighted by atomic mass is 9.87. The van der Waals surface area contributed by atoms with Crippen LogP contribution in [0.15, 0.2) is 48.2 Å². The molecule has 2 amide bonds. The smallest absolute Gasteiger partial charge is 0.323 e. The van der Waals surface area contributed by atoms with Crippen LogP contribution in [0.5, 0.6) is 5.75 Å². The molecule has 8 heteroatoms. The number of carbonyl (C=O) groups excluding carboxylic acids is 1. The summed E-state index contributed by atoms with van der Waals surface area (Å²) in [6.07, 6.45) is 5.45. The van der Waals surface area contributed by atoms with Crippen molar-refractivity contribution in [3.05, 3.63) is 53.7 Å². The number of halogens is 2. The highest BCUT2D eigenvalue weighted by molar-refractivity contribution is 5.88. The van der Waals surface area contributed by atoms with Crippen LogP contribution in [-0.2, 0) is 0 Å². The number of amides is 2. The molecule has 1 aromatic heterocycles. The van der Waals surface area contributed by atoms with E-state index >= 15 is 0 Å². The number of nitrogens with zero attached hydrogens (tertiary/aromatic N) is 3. The molecule has 4 rings (SSSR count). The molecule has 1 atom stereocenters. The van der Waals surface area contributed by atoms with Crippen molar-refractivity contribution in [3.8, 4) is 5.75 Å². The fraction of sp³-hybridized carbons (Fsp3) is 0.480. The van der Waals surface area contributed by atoms with Crippen LogP contribution in [0.2, 0.25) is 0 Å². The summed E-state index contributed by atoms with van der Waals surface area (Å²) in [5, 5.41) is 10.5. The normalized spacial score (nSPS) is 22.2. The summed E-state index contributed by atoms with van der Waals surface area (Å²) >= 11 is 0. The predicted molar refractivity (Wildman–Crippen MR) is 123 cm³/mol. The van der Waals surface area contributed by atoms with Gasteiger partial charge in [-0.1, -0.05) is 30.7 Å². The van der Waals surface area contributed by atoms with Gasteiger partial charge in [0.05, 0.1) is 6.61 Å². The number of aromatic nitrogens is 2. The van der Waals surface area contributed by atoms with Crippen molar-refractivity contribution in [1.29, 1.82) is 0 Å². The largest absolute Gasteiger partial charge is 0.493 e. The lowest BCUT2D eigenvalue weighted by molar-refractivity contribution is -0.0498. The molecule has 2 aliphatic rings. The molecule has 0 bridgehead atoms. The lowest BCUT2D eigenvalue weighted by Crippen LogP contribution is -2.42. The first-order chi connectivity index (χ1) is 15.9. The molecule has 1 saturated carbocycles. The van der Waals surface area contributed by atoms with Crippen molar-refractivity contribution in [2.75, 3.05) is 25.0 Å². The Kier molecular flexibility index (Phi) is 7.20. The first-order valence-corrected chi connectivity index (χ1v) is 11.5. The van der Waals surface area contributed by atoms with E-state index < -0.39 is 5.92 Å². The van der Waals surface area contributed by atoms with Gasteiger partial charge < -0.3 is 9.64 Å². The number of alkyl halides is 2. The number of piperidine rings is 1. The second-order valence-corrected chi connectivity index (χ2v) is 9.04. The van der Waals surface area contributed by atoms with Gasteiger partial charge in [-0.3, -0.25) is 5.32 Å². The van der Waals surface area contributed by atoms with E-state index in [0.717, 1.165) is 17.7 Å². The van der Waals surface area contributed by atoms with Crippen molar-refractivity contribution in [1.82, 2.24) is 15.1 Å². The zero-order valence-corrected chi connectivity index (χ0v) is 18.8. The van der Waals surface area contributed by atoms with Crippen LogP contribution < -0.4 is 10.1 Å². The van der Waals surface area contributed by atoms with Gasteiger partial charge in [0.15, 0.2) is 5.82 Å². The van der Waals surface area contributed by atoms with Crippen LogP contribution in [-0.4, -0.2) is 46.7 Å². The van der Waals surface area contributed by atoms with E-state index in [4.69, 9.17) is 4.74 Å². The number of nitrogens with one attached hydrogen (secondary N) is 1. The molecular formula is C25H30F2N4O2. The Hall–Kier alpha value is -3.03. The summed E-state index contributed by atoms with van der Waals surface area (Å²) in [5.41, 5.74) is 2.33. The zero-order valence-electron chi connectivity index (χ0n) is 18.8. The van der Waals surface area contributed by atoms with E-state index in [9.17, 15) is 13.6 Å². The highest BCUT2D eigenvalue weighted by atomic mass is 19.3. The first kappa shape index (κ1) is 23.1. The van der Waals surface area contributed by atoms with Gasteiger partial charge in [-0.15, -0.1) is 5.10 Å². The lowest BCUT2D eigenvalue weighted by Gasteiger charge is -2.33. The number of likely N-dealkylation sites (tertiary alicyclic amines) is 1. The summed E-state index contributed by atoms with van der Waals surface area (Å²) in [4.78, 5) is 14.3. The molecule has 1 aliphatic heterocycles. The van der Waals surface area contributed by atoms with Crippen LogP contribution in [0.25, 0.3) is 6.08 Å². The maximum absolute atomic E-state index is 13.3. The second-order valence-electron chi connectivity index (χ2n) is 9.04. The maximum atomic E-state index is 13.3. The molecular weight excluding hydrogens is 426 g/mol. The van der Waals surface area contributed by atoms with Gasteiger partial charge in [-0.2, -0.15) is 5.10 Å². The third kappa shape index (κ3) is 6.49. The predicted octanol–water partition coefficient (Wildman–Crippen LogP) is 5.64. The highest BCUT2D eigenvalue weighted by Crippen LogP contribution is 2.36. The van der Waals surface area contributed by atoms with Gasteiger partial charge in [0, 0.05) is 32.1 Å². The minimum absolute atomic E-state index is 0.0428. The summed E-state index contributed by atoms with van der Waals surface area (Å²) in [5.74, 6) is -0.903. The topological polar surface area (TPSA) is 67.4 Å². The third-order valence-corrected chi connectivity index (χ3v) is 6.42. The van der Waals surface area contributed by atoms with Crippen molar-refractivity contribution >= 4 is 17.9 Å². The first-order valence-electron chi connectivity index (χ1n) is 11.5. The molecule has 0 radical (unpaired) electrons. The molecule has 0 spiro atoms. The molecule has 2 fully saturated rings. The molecule has 33 heavy (non-hydrogen) atoms. The summed E-state index contributed by atoms with van der Waals surface area (Å²) in [6.45, 7) is 3.85. The Morgan fingerprint density at radius 3 is 2.82 bits per heavy atom. The van der Waals surface area contributed by atoms with Gasteiger partial charge >= 0.3 is 6.03 Å². The third-order valence-electron chi connectivity index (χ3n) is 6.42. The fourth-order valence-electron chi connectivity index (χ4n) is 4.39. The minimum Gasteiger partial charge on any atom is -0.493 e. The number of rotatable bonds is 5. The van der Waals surface area contributed by atoms with E-state index in [2.05, 4.69) is 28.5 Å². The number of hydrogen-bond acceptors (Lipinski definition) is 4. The standard InChI is InChI=1S/C25H30F2N4O2/c1-18-16-31(24(32)29-23-6-3-12-28-30-23)13-9-21(18)14-20-4-2-5-22(15-20)33-17-19-7-10-25(26,27)11-8-19/h2-6,12,14-15,18-19H,7-11,13,16-17H2,1H3,(H,29,30,32)/b21-14+. The number of carbonyl (C=O) groups is 1. The molecule has 1 unspecified atom stereocenters. The van der Waals surface area contributed by atoms with Crippen LogP contribution in [0.1, 0.15) is 44.6 Å². The average Bonchev–Trinajstić information content (AvgIpc) is 2.80. The molecule has 6 nitrogen and oxygen atoms in total. The van der Waals surface area contributed by atoms with Crippen LogP contribution in [0, 0.1) is 11.8 Å². The Morgan fingerprint density at radius 1 is 1.27 bits per heavy atom. The number of benzene rings is 1. The second kappa shape index (κ2) is 10.3. The average molecular weight is 457 g/mol. The van der Waals surface area contributed by atoms with E-state index in [1.54, 1.807) is 23.2 Å². The Balaban J connectivity index is 1.30. The van der Waals surface area contributed by atoms with Gasteiger partial charge in [-0.25, -0.2) is 13.6 Å². The fourth-order valence-corrected chi connectivity index (χ4v) is 4.39. The number of urea groups is 1. The molecule has 2 aromatic rings. The molecule has 176 valence electrons. The van der Waals surface area contributed by atoms with Crippen LogP contribution in [0.4, 0.5) is 19.4 Å². The monoisotopic (exact) mass is 456 g/mol. The van der Waals surface area contributed by atoms with Crippen LogP contribution >= 0.6 is 0 Å². The SMILES string of the molecule is CC1CN(C(=O)Nc2cccnn2)CC/C1=C\c1cccc(OCC2CCC(F)(F)CC2)c1. The Bertz CT molecular complexity index is 973.